The van der Waals surface area contributed by atoms with Gasteiger partial charge in [-0.1, -0.05) is 45.2 Å². The summed E-state index contributed by atoms with van der Waals surface area (Å²) >= 11 is 16.9. The largest absolute Gasteiger partial charge is 0.493 e. The molecule has 1 amide bonds. The molecule has 1 heterocycles. The highest BCUT2D eigenvalue weighted by Crippen LogP contribution is 2.37. The predicted molar refractivity (Wildman–Crippen MR) is 139 cm³/mol. The number of thioether (sulfide) groups is 1. The fourth-order valence-corrected chi connectivity index (χ4v) is 4.72. The molecule has 1 N–H and O–H groups in total. The molecule has 0 bridgehead atoms. The van der Waals surface area contributed by atoms with E-state index in [-0.39, 0.29) is 18.3 Å². The summed E-state index contributed by atoms with van der Waals surface area (Å²) in [6.07, 6.45) is 1.72. The Balaban J connectivity index is 1.54. The molecular weight excluding hydrogens is 566 g/mol. The number of nitrogens with one attached hydrogen (secondary N) is 1. The lowest BCUT2D eigenvalue weighted by molar-refractivity contribution is -0.115. The van der Waals surface area contributed by atoms with Crippen molar-refractivity contribution in [1.29, 1.82) is 0 Å². The molecule has 5 nitrogen and oxygen atoms in total. The second-order valence-corrected chi connectivity index (χ2v) is 9.74. The third kappa shape index (κ3) is 5.93. The van der Waals surface area contributed by atoms with Gasteiger partial charge in [-0.25, -0.2) is 9.38 Å². The van der Waals surface area contributed by atoms with Crippen LogP contribution >= 0.6 is 50.9 Å². The number of nitrogens with zero attached hydrogens (tertiary/aromatic N) is 1. The van der Waals surface area contributed by atoms with Crippen molar-refractivity contribution in [2.24, 2.45) is 4.99 Å². The highest BCUT2D eigenvalue weighted by Gasteiger charge is 2.24. The predicted octanol–water partition coefficient (Wildman–Crippen LogP) is 7.37. The van der Waals surface area contributed by atoms with Crippen LogP contribution in [0, 0.1) is 5.82 Å². The fraction of sp³-hybridized carbons (Fsp3) is 0.0833. The zero-order valence-electron chi connectivity index (χ0n) is 17.6. The lowest BCUT2D eigenvalue weighted by Gasteiger charge is -2.14. The Hall–Kier alpha value is -2.52. The van der Waals surface area contributed by atoms with Crippen LogP contribution in [0.5, 0.6) is 11.5 Å². The zero-order valence-corrected chi connectivity index (χ0v) is 21.5. The first kappa shape index (κ1) is 24.6. The second kappa shape index (κ2) is 10.8. The monoisotopic (exact) mass is 580 g/mol. The molecule has 0 spiro atoms. The van der Waals surface area contributed by atoms with E-state index in [0.717, 1.165) is 11.1 Å². The number of rotatable bonds is 6. The van der Waals surface area contributed by atoms with E-state index in [1.165, 1.54) is 43.1 Å². The van der Waals surface area contributed by atoms with Gasteiger partial charge in [0.2, 0.25) is 0 Å². The summed E-state index contributed by atoms with van der Waals surface area (Å²) in [5.41, 5.74) is 2.03. The summed E-state index contributed by atoms with van der Waals surface area (Å²) in [7, 11) is 1.53. The van der Waals surface area contributed by atoms with E-state index in [4.69, 9.17) is 32.7 Å². The van der Waals surface area contributed by atoms with Crippen molar-refractivity contribution in [1.82, 2.24) is 5.32 Å². The number of methoxy groups -OCH3 is 1. The van der Waals surface area contributed by atoms with Crippen molar-refractivity contribution in [3.8, 4) is 11.5 Å². The van der Waals surface area contributed by atoms with Gasteiger partial charge in [-0.15, -0.1) is 0 Å². The van der Waals surface area contributed by atoms with Gasteiger partial charge < -0.3 is 14.8 Å². The highest BCUT2D eigenvalue weighted by molar-refractivity contribution is 9.10. The van der Waals surface area contributed by atoms with Gasteiger partial charge in [0.05, 0.1) is 17.7 Å². The van der Waals surface area contributed by atoms with Crippen LogP contribution in [0.3, 0.4) is 0 Å². The standard InChI is InChI=1S/C24H16BrCl2FN2O3S/c1-32-20-8-14(18(25)11-21(20)33-12-13-2-3-15(26)10-19(13)27)9-22-23(31)30-24(34-22)29-17-6-4-16(28)5-7-17/h2-11H,12H2,1H3,(H,29,30,31)/b22-9+. The molecule has 1 saturated heterocycles. The summed E-state index contributed by atoms with van der Waals surface area (Å²) < 4.78 is 25.2. The van der Waals surface area contributed by atoms with Gasteiger partial charge >= 0.3 is 0 Å². The number of aliphatic imine (C=N–C) groups is 1. The maximum absolute atomic E-state index is 13.1. The van der Waals surface area contributed by atoms with Crippen molar-refractivity contribution in [3.63, 3.8) is 0 Å². The van der Waals surface area contributed by atoms with Crippen LogP contribution in [0.25, 0.3) is 6.08 Å². The maximum Gasteiger partial charge on any atom is 0.264 e. The topological polar surface area (TPSA) is 59.9 Å². The van der Waals surface area contributed by atoms with Gasteiger partial charge in [-0.2, -0.15) is 0 Å². The Morgan fingerprint density at radius 1 is 1.12 bits per heavy atom. The Labute approximate surface area is 218 Å². The molecule has 1 fully saturated rings. The van der Waals surface area contributed by atoms with Crippen molar-refractivity contribution in [2.45, 2.75) is 6.61 Å². The summed E-state index contributed by atoms with van der Waals surface area (Å²) in [4.78, 5) is 17.2. The summed E-state index contributed by atoms with van der Waals surface area (Å²) in [5, 5.41) is 4.18. The van der Waals surface area contributed by atoms with Crippen LogP contribution in [0.4, 0.5) is 10.1 Å². The minimum absolute atomic E-state index is 0.223. The van der Waals surface area contributed by atoms with Gasteiger partial charge in [0, 0.05) is 20.1 Å². The number of hydrogen-bond donors (Lipinski definition) is 1. The molecule has 4 rings (SSSR count). The molecule has 0 aromatic heterocycles. The summed E-state index contributed by atoms with van der Waals surface area (Å²) in [6, 6.07) is 14.4. The number of ether oxygens (including phenoxy) is 2. The summed E-state index contributed by atoms with van der Waals surface area (Å²) in [6.45, 7) is 0.223. The number of carbonyl (C=O) groups excluding carboxylic acids is 1. The van der Waals surface area contributed by atoms with E-state index in [0.29, 0.717) is 41.8 Å². The molecule has 34 heavy (non-hydrogen) atoms. The molecule has 3 aromatic rings. The Morgan fingerprint density at radius 3 is 2.59 bits per heavy atom. The third-order valence-corrected chi connectivity index (χ3v) is 6.86. The lowest BCUT2D eigenvalue weighted by Crippen LogP contribution is -2.19. The van der Waals surface area contributed by atoms with E-state index in [9.17, 15) is 9.18 Å². The maximum atomic E-state index is 13.1. The minimum atomic E-state index is -0.352. The van der Waals surface area contributed by atoms with Crippen LogP contribution in [0.1, 0.15) is 11.1 Å². The van der Waals surface area contributed by atoms with Gasteiger partial charge in [-0.3, -0.25) is 4.79 Å². The zero-order chi connectivity index (χ0) is 24.2. The molecular formula is C24H16BrCl2FN2O3S. The number of halogens is 4. The highest BCUT2D eigenvalue weighted by atomic mass is 79.9. The van der Waals surface area contributed by atoms with Crippen LogP contribution in [-0.4, -0.2) is 18.2 Å². The van der Waals surface area contributed by atoms with Crippen molar-refractivity contribution < 1.29 is 18.7 Å². The number of carbonyl (C=O) groups is 1. The van der Waals surface area contributed by atoms with Crippen LogP contribution in [0.2, 0.25) is 10.0 Å². The molecule has 0 atom stereocenters. The van der Waals surface area contributed by atoms with Crippen molar-refractivity contribution in [3.05, 3.63) is 91.0 Å². The molecule has 3 aromatic carbocycles. The fourth-order valence-electron chi connectivity index (χ4n) is 2.98. The average Bonchev–Trinajstić information content (AvgIpc) is 3.14. The number of benzene rings is 3. The molecule has 1 aliphatic heterocycles. The Morgan fingerprint density at radius 2 is 1.88 bits per heavy atom. The van der Waals surface area contributed by atoms with Crippen LogP contribution in [-0.2, 0) is 11.4 Å². The first-order chi connectivity index (χ1) is 16.3. The molecule has 0 saturated carbocycles. The van der Waals surface area contributed by atoms with E-state index in [1.807, 2.05) is 0 Å². The molecule has 174 valence electrons. The smallest absolute Gasteiger partial charge is 0.264 e. The number of amides is 1. The molecule has 0 unspecified atom stereocenters. The first-order valence-electron chi connectivity index (χ1n) is 9.82. The normalized spacial score (nSPS) is 15.6. The van der Waals surface area contributed by atoms with E-state index in [1.54, 1.807) is 36.4 Å². The van der Waals surface area contributed by atoms with E-state index in [2.05, 4.69) is 26.2 Å². The Kier molecular flexibility index (Phi) is 7.83. The SMILES string of the molecule is COc1cc(/C=C2/SC(=Nc3ccc(F)cc3)NC2=O)c(Br)cc1OCc1ccc(Cl)cc1Cl. The van der Waals surface area contributed by atoms with Crippen molar-refractivity contribution >= 4 is 73.7 Å². The van der Waals surface area contributed by atoms with E-state index >= 15 is 0 Å². The molecule has 10 heteroatoms. The minimum Gasteiger partial charge on any atom is -0.493 e. The molecule has 0 aliphatic carbocycles. The Bertz CT molecular complexity index is 1320. The van der Waals surface area contributed by atoms with Gasteiger partial charge in [-0.05, 0) is 71.9 Å². The van der Waals surface area contributed by atoms with Crippen LogP contribution in [0.15, 0.2) is 69.0 Å². The van der Waals surface area contributed by atoms with E-state index < -0.39 is 0 Å². The quantitative estimate of drug-likeness (QED) is 0.309. The van der Waals surface area contributed by atoms with Crippen LogP contribution < -0.4 is 14.8 Å². The van der Waals surface area contributed by atoms with Crippen molar-refractivity contribution in [2.75, 3.05) is 7.11 Å². The van der Waals surface area contributed by atoms with Gasteiger partial charge in [0.1, 0.15) is 12.4 Å². The lowest BCUT2D eigenvalue weighted by atomic mass is 10.1. The number of hydrogen-bond acceptors (Lipinski definition) is 5. The number of amidine groups is 1. The third-order valence-electron chi connectivity index (χ3n) is 4.68. The summed E-state index contributed by atoms with van der Waals surface area (Å²) in [5.74, 6) is 0.359. The first-order valence-corrected chi connectivity index (χ1v) is 12.2. The van der Waals surface area contributed by atoms with Gasteiger partial charge in [0.25, 0.3) is 5.91 Å². The van der Waals surface area contributed by atoms with Gasteiger partial charge in [0.15, 0.2) is 16.7 Å². The average molecular weight is 582 g/mol. The molecule has 1 aliphatic rings. The second-order valence-electron chi connectivity index (χ2n) is 7.01. The molecule has 0 radical (unpaired) electrons.